The summed E-state index contributed by atoms with van der Waals surface area (Å²) in [5.41, 5.74) is 8.43. The molecule has 4 rings (SSSR count). The number of benzene rings is 1. The summed E-state index contributed by atoms with van der Waals surface area (Å²) in [5.74, 6) is 0.0223. The molecule has 0 spiro atoms. The largest absolute Gasteiger partial charge is 0.345 e. The van der Waals surface area contributed by atoms with Crippen LogP contribution in [0.2, 0.25) is 0 Å². The molecule has 2 amide bonds. The molecule has 2 N–H and O–H groups in total. The van der Waals surface area contributed by atoms with Crippen LogP contribution >= 0.6 is 0 Å². The van der Waals surface area contributed by atoms with E-state index in [0.717, 1.165) is 51.6 Å². The lowest BCUT2D eigenvalue weighted by atomic mass is 10.1. The highest BCUT2D eigenvalue weighted by Crippen LogP contribution is 2.28. The number of nitrogens with zero attached hydrogens (tertiary/aromatic N) is 3. The quantitative estimate of drug-likeness (QED) is 0.796. The Balaban J connectivity index is 1.45. The predicted molar refractivity (Wildman–Crippen MR) is 119 cm³/mol. The van der Waals surface area contributed by atoms with Crippen LogP contribution in [0.3, 0.4) is 0 Å². The Morgan fingerprint density at radius 3 is 2.63 bits per heavy atom. The van der Waals surface area contributed by atoms with Crippen molar-refractivity contribution < 1.29 is 9.59 Å². The van der Waals surface area contributed by atoms with Crippen molar-refractivity contribution in [2.75, 3.05) is 13.1 Å². The number of para-hydroxylation sites is 1. The molecular weight excluding hydrogens is 376 g/mol. The normalized spacial score (nSPS) is 22.8. The topological polar surface area (TPSA) is 71.6 Å². The van der Waals surface area contributed by atoms with Crippen LogP contribution in [0, 0.1) is 0 Å². The van der Waals surface area contributed by atoms with Crippen molar-refractivity contribution in [1.29, 1.82) is 0 Å². The summed E-state index contributed by atoms with van der Waals surface area (Å²) in [7, 11) is 0. The zero-order valence-electron chi connectivity index (χ0n) is 18.2. The summed E-state index contributed by atoms with van der Waals surface area (Å²) >= 11 is 0. The molecule has 0 aliphatic carbocycles. The molecule has 3 heterocycles. The maximum absolute atomic E-state index is 13.4. The second kappa shape index (κ2) is 8.80. The minimum atomic E-state index is -0.552. The molecule has 0 saturated carbocycles. The highest BCUT2D eigenvalue weighted by Gasteiger charge is 2.40. The molecule has 0 unspecified atom stereocenters. The van der Waals surface area contributed by atoms with Gasteiger partial charge in [-0.2, -0.15) is 0 Å². The Labute approximate surface area is 179 Å². The summed E-state index contributed by atoms with van der Waals surface area (Å²) in [6.07, 6.45) is 5.65. The van der Waals surface area contributed by atoms with E-state index in [-0.39, 0.29) is 23.9 Å². The van der Waals surface area contributed by atoms with Crippen molar-refractivity contribution in [1.82, 2.24) is 14.4 Å². The van der Waals surface area contributed by atoms with E-state index in [1.807, 2.05) is 0 Å². The average molecular weight is 411 g/mol. The lowest BCUT2D eigenvalue weighted by Gasteiger charge is -2.32. The van der Waals surface area contributed by atoms with Gasteiger partial charge >= 0.3 is 0 Å². The van der Waals surface area contributed by atoms with Gasteiger partial charge in [0, 0.05) is 36.9 Å². The van der Waals surface area contributed by atoms with E-state index in [2.05, 4.69) is 46.7 Å². The first-order valence-corrected chi connectivity index (χ1v) is 11.4. The molecule has 2 aliphatic rings. The first kappa shape index (κ1) is 20.9. The van der Waals surface area contributed by atoms with Gasteiger partial charge in [0.25, 0.3) is 0 Å². The second-order valence-electron chi connectivity index (χ2n) is 8.78. The van der Waals surface area contributed by atoms with E-state index in [0.29, 0.717) is 6.54 Å². The first-order valence-electron chi connectivity index (χ1n) is 11.4. The molecule has 2 aromatic rings. The molecule has 0 radical (unpaired) electrons. The number of rotatable bonds is 6. The van der Waals surface area contributed by atoms with Gasteiger partial charge in [-0.25, -0.2) is 0 Å². The third-order valence-corrected chi connectivity index (χ3v) is 6.82. The minimum absolute atomic E-state index is 0.103. The van der Waals surface area contributed by atoms with Crippen molar-refractivity contribution in [3.63, 3.8) is 0 Å². The molecule has 1 aromatic carbocycles. The zero-order chi connectivity index (χ0) is 21.3. The van der Waals surface area contributed by atoms with Gasteiger partial charge in [0.15, 0.2) is 0 Å². The number of hydrogen-bond donors (Lipinski definition) is 1. The summed E-state index contributed by atoms with van der Waals surface area (Å²) < 4.78 is 2.39. The van der Waals surface area contributed by atoms with Gasteiger partial charge in [0.05, 0.1) is 6.04 Å². The molecule has 30 heavy (non-hydrogen) atoms. The van der Waals surface area contributed by atoms with Crippen molar-refractivity contribution in [2.45, 2.75) is 77.0 Å². The van der Waals surface area contributed by atoms with E-state index in [1.165, 1.54) is 16.6 Å². The van der Waals surface area contributed by atoms with E-state index in [9.17, 15) is 9.59 Å². The highest BCUT2D eigenvalue weighted by atomic mass is 16.2. The number of hydrogen-bond acceptors (Lipinski definition) is 3. The number of fused-ring (bicyclic) bond motifs is 1. The summed E-state index contributed by atoms with van der Waals surface area (Å²) in [6.45, 7) is 6.29. The van der Waals surface area contributed by atoms with E-state index in [4.69, 9.17) is 5.73 Å². The van der Waals surface area contributed by atoms with Crippen LogP contribution in [-0.4, -0.2) is 57.4 Å². The monoisotopic (exact) mass is 410 g/mol. The van der Waals surface area contributed by atoms with Gasteiger partial charge in [0.1, 0.15) is 6.04 Å². The first-order chi connectivity index (χ1) is 14.5. The molecule has 1 aromatic heterocycles. The maximum atomic E-state index is 13.4. The lowest BCUT2D eigenvalue weighted by Crippen LogP contribution is -2.52. The van der Waals surface area contributed by atoms with Crippen molar-refractivity contribution in [3.8, 4) is 0 Å². The van der Waals surface area contributed by atoms with Gasteiger partial charge in [-0.15, -0.1) is 0 Å². The Morgan fingerprint density at radius 2 is 1.87 bits per heavy atom. The standard InChI is InChI=1S/C24H34N4O2/c1-3-26-20(16-18-8-4-5-10-21(18)26)13-12-19-9-6-14-27(19)24(30)22-11-7-15-28(22)23(29)17(2)25/h4-5,8,10,16-17,19,22H,3,6-7,9,11-15,25H2,1-2H3/t17-,19-,22+/m0/s1. The zero-order valence-corrected chi connectivity index (χ0v) is 18.2. The van der Waals surface area contributed by atoms with Crippen LogP contribution in [0.15, 0.2) is 30.3 Å². The number of likely N-dealkylation sites (tertiary alicyclic amines) is 2. The van der Waals surface area contributed by atoms with Crippen molar-refractivity contribution in [2.24, 2.45) is 5.73 Å². The Hall–Kier alpha value is -2.34. The fourth-order valence-corrected chi connectivity index (χ4v) is 5.33. The molecule has 2 aliphatic heterocycles. The highest BCUT2D eigenvalue weighted by molar-refractivity contribution is 5.90. The SMILES string of the molecule is CCn1c(CC[C@@H]2CCCN2C(=O)[C@H]2CCCN2C(=O)[C@H](C)N)cc2ccccc21. The van der Waals surface area contributed by atoms with Gasteiger partial charge in [-0.1, -0.05) is 18.2 Å². The van der Waals surface area contributed by atoms with Gasteiger partial charge in [-0.3, -0.25) is 9.59 Å². The van der Waals surface area contributed by atoms with Gasteiger partial charge in [-0.05, 0) is 69.9 Å². The summed E-state index contributed by atoms with van der Waals surface area (Å²) in [6, 6.07) is 10.2. The number of nitrogens with two attached hydrogens (primary N) is 1. The van der Waals surface area contributed by atoms with Gasteiger partial charge in [0.2, 0.25) is 11.8 Å². The number of carbonyl (C=O) groups is 2. The summed E-state index contributed by atoms with van der Waals surface area (Å²) in [5, 5.41) is 1.28. The fourth-order valence-electron chi connectivity index (χ4n) is 5.33. The molecule has 2 saturated heterocycles. The predicted octanol–water partition coefficient (Wildman–Crippen LogP) is 2.92. The Morgan fingerprint density at radius 1 is 1.13 bits per heavy atom. The average Bonchev–Trinajstić information content (AvgIpc) is 3.48. The van der Waals surface area contributed by atoms with Gasteiger partial charge < -0.3 is 20.1 Å². The third kappa shape index (κ3) is 3.85. The minimum Gasteiger partial charge on any atom is -0.345 e. The second-order valence-corrected chi connectivity index (χ2v) is 8.78. The van der Waals surface area contributed by atoms with Crippen LogP contribution < -0.4 is 5.73 Å². The lowest BCUT2D eigenvalue weighted by molar-refractivity contribution is -0.144. The fraction of sp³-hybridized carbons (Fsp3) is 0.583. The van der Waals surface area contributed by atoms with E-state index < -0.39 is 6.04 Å². The molecule has 6 nitrogen and oxygen atoms in total. The van der Waals surface area contributed by atoms with Crippen LogP contribution in [-0.2, 0) is 22.6 Å². The third-order valence-electron chi connectivity index (χ3n) is 6.82. The van der Waals surface area contributed by atoms with Crippen LogP contribution in [0.25, 0.3) is 10.9 Å². The molecule has 0 bridgehead atoms. The number of aromatic nitrogens is 1. The number of amides is 2. The smallest absolute Gasteiger partial charge is 0.245 e. The Bertz CT molecular complexity index is 919. The van der Waals surface area contributed by atoms with Crippen molar-refractivity contribution >= 4 is 22.7 Å². The maximum Gasteiger partial charge on any atom is 0.245 e. The Kier molecular flexibility index (Phi) is 6.14. The molecule has 162 valence electrons. The van der Waals surface area contributed by atoms with Crippen LogP contribution in [0.5, 0.6) is 0 Å². The van der Waals surface area contributed by atoms with E-state index in [1.54, 1.807) is 11.8 Å². The molecule has 3 atom stereocenters. The number of aryl methyl sites for hydroxylation is 2. The number of carbonyl (C=O) groups excluding carboxylic acids is 2. The molecule has 6 heteroatoms. The van der Waals surface area contributed by atoms with Crippen LogP contribution in [0.1, 0.15) is 51.6 Å². The van der Waals surface area contributed by atoms with Crippen molar-refractivity contribution in [3.05, 3.63) is 36.0 Å². The summed E-state index contributed by atoms with van der Waals surface area (Å²) in [4.78, 5) is 29.6. The molecule has 2 fully saturated rings. The molecular formula is C24H34N4O2. The van der Waals surface area contributed by atoms with Crippen LogP contribution in [0.4, 0.5) is 0 Å². The van der Waals surface area contributed by atoms with E-state index >= 15 is 0 Å².